The molecule has 11 heteroatoms. The molecular formula is C21H24Cl2N6O2S. The van der Waals surface area contributed by atoms with Gasteiger partial charge in [-0.1, -0.05) is 41.4 Å². The molecule has 4 rings (SSSR count). The maximum absolute atomic E-state index is 12.5. The molecule has 32 heavy (non-hydrogen) atoms. The van der Waals surface area contributed by atoms with Gasteiger partial charge in [0.15, 0.2) is 0 Å². The maximum atomic E-state index is 12.5. The van der Waals surface area contributed by atoms with Crippen LogP contribution in [0.25, 0.3) is 10.9 Å². The number of piperazine rings is 1. The smallest absolute Gasteiger partial charge is 0.234 e. The molecular weight excluding hydrogens is 471 g/mol. The first-order valence-corrected chi connectivity index (χ1v) is 12.6. The number of nitrogens with zero attached hydrogens (tertiary/aromatic N) is 4. The average molecular weight is 495 g/mol. The second-order valence-electron chi connectivity index (χ2n) is 7.66. The lowest BCUT2D eigenvalue weighted by Gasteiger charge is -2.32. The molecule has 0 spiro atoms. The van der Waals surface area contributed by atoms with Gasteiger partial charge >= 0.3 is 0 Å². The van der Waals surface area contributed by atoms with Crippen molar-refractivity contribution in [3.8, 4) is 0 Å². The number of para-hydroxylation sites is 1. The SMILES string of the molecule is CN1CCN(c2nc(NCCS(=O)(=O)Nc3ccccc3)c3cc(Cl)c(Cl)cc3n2)CC1. The van der Waals surface area contributed by atoms with Crippen molar-refractivity contribution in [3.63, 3.8) is 0 Å². The van der Waals surface area contributed by atoms with E-state index in [4.69, 9.17) is 28.2 Å². The molecule has 3 aromatic rings. The van der Waals surface area contributed by atoms with E-state index in [0.29, 0.717) is 38.4 Å². The summed E-state index contributed by atoms with van der Waals surface area (Å²) in [6.45, 7) is 3.59. The standard InChI is InChI=1S/C21H24Cl2N6O2S/c1-28-8-10-29(11-9-28)21-25-19-14-18(23)17(22)13-16(19)20(26-21)24-7-12-32(30,31)27-15-5-3-2-4-6-15/h2-6,13-14,27H,7-12H2,1H3,(H,24,25,26). The molecule has 0 atom stereocenters. The Labute approximate surface area is 197 Å². The number of fused-ring (bicyclic) bond motifs is 1. The van der Waals surface area contributed by atoms with Crippen LogP contribution in [0.15, 0.2) is 42.5 Å². The van der Waals surface area contributed by atoms with E-state index in [2.05, 4.69) is 31.9 Å². The van der Waals surface area contributed by atoms with Crippen molar-refractivity contribution in [1.82, 2.24) is 14.9 Å². The van der Waals surface area contributed by atoms with Gasteiger partial charge in [-0.05, 0) is 31.3 Å². The summed E-state index contributed by atoms with van der Waals surface area (Å²) in [6, 6.07) is 12.2. The number of hydrogen-bond donors (Lipinski definition) is 2. The molecule has 0 aliphatic carbocycles. The van der Waals surface area contributed by atoms with Crippen LogP contribution in [0.2, 0.25) is 10.0 Å². The van der Waals surface area contributed by atoms with Crippen molar-refractivity contribution in [1.29, 1.82) is 0 Å². The van der Waals surface area contributed by atoms with E-state index in [1.165, 1.54) is 0 Å². The Balaban J connectivity index is 1.55. The minimum Gasteiger partial charge on any atom is -0.368 e. The Bertz CT molecular complexity index is 1200. The number of nitrogens with one attached hydrogen (secondary N) is 2. The predicted molar refractivity (Wildman–Crippen MR) is 132 cm³/mol. The van der Waals surface area contributed by atoms with Crippen molar-refractivity contribution in [3.05, 3.63) is 52.5 Å². The summed E-state index contributed by atoms with van der Waals surface area (Å²) in [5, 5.41) is 4.63. The number of rotatable bonds is 7. The molecule has 2 aromatic carbocycles. The minimum atomic E-state index is -3.53. The van der Waals surface area contributed by atoms with E-state index < -0.39 is 10.0 Å². The molecule has 0 saturated carbocycles. The van der Waals surface area contributed by atoms with Crippen LogP contribution in [-0.4, -0.2) is 68.8 Å². The van der Waals surface area contributed by atoms with Gasteiger partial charge in [0, 0.05) is 43.8 Å². The summed E-state index contributed by atoms with van der Waals surface area (Å²) in [4.78, 5) is 13.7. The van der Waals surface area contributed by atoms with Crippen LogP contribution >= 0.6 is 23.2 Å². The van der Waals surface area contributed by atoms with Gasteiger partial charge in [-0.25, -0.2) is 13.4 Å². The van der Waals surface area contributed by atoms with Gasteiger partial charge in [0.2, 0.25) is 16.0 Å². The summed E-state index contributed by atoms with van der Waals surface area (Å²) in [6.07, 6.45) is 0. The highest BCUT2D eigenvalue weighted by Crippen LogP contribution is 2.31. The minimum absolute atomic E-state index is 0.126. The number of sulfonamides is 1. The molecule has 1 aromatic heterocycles. The van der Waals surface area contributed by atoms with E-state index in [0.717, 1.165) is 26.2 Å². The van der Waals surface area contributed by atoms with Gasteiger partial charge in [-0.2, -0.15) is 4.98 Å². The fraction of sp³-hybridized carbons (Fsp3) is 0.333. The van der Waals surface area contributed by atoms with Crippen molar-refractivity contribution >= 4 is 61.6 Å². The quantitative estimate of drug-likeness (QED) is 0.518. The summed E-state index contributed by atoms with van der Waals surface area (Å²) in [5.41, 5.74) is 1.18. The zero-order valence-corrected chi connectivity index (χ0v) is 19.9. The number of aromatic nitrogens is 2. The Hall–Kier alpha value is -2.33. The maximum Gasteiger partial charge on any atom is 0.234 e. The molecule has 1 saturated heterocycles. The Morgan fingerprint density at radius 2 is 1.69 bits per heavy atom. The normalized spacial score (nSPS) is 15.2. The van der Waals surface area contributed by atoms with Crippen molar-refractivity contribution < 1.29 is 8.42 Å². The van der Waals surface area contributed by atoms with Crippen LogP contribution in [0.5, 0.6) is 0 Å². The molecule has 2 N–H and O–H groups in total. The summed E-state index contributed by atoms with van der Waals surface area (Å²) < 4.78 is 27.5. The molecule has 0 bridgehead atoms. The van der Waals surface area contributed by atoms with Crippen molar-refractivity contribution in [2.45, 2.75) is 0 Å². The third kappa shape index (κ3) is 5.53. The average Bonchev–Trinajstić information content (AvgIpc) is 2.75. The van der Waals surface area contributed by atoms with E-state index in [9.17, 15) is 8.42 Å². The molecule has 8 nitrogen and oxygen atoms in total. The Morgan fingerprint density at radius 3 is 2.41 bits per heavy atom. The van der Waals surface area contributed by atoms with Gasteiger partial charge in [0.25, 0.3) is 0 Å². The number of anilines is 3. The molecule has 0 amide bonds. The summed E-state index contributed by atoms with van der Waals surface area (Å²) >= 11 is 12.4. The highest BCUT2D eigenvalue weighted by Gasteiger charge is 2.19. The lowest BCUT2D eigenvalue weighted by atomic mass is 10.2. The van der Waals surface area contributed by atoms with Crippen LogP contribution in [0, 0.1) is 0 Å². The topological polar surface area (TPSA) is 90.5 Å². The van der Waals surface area contributed by atoms with E-state index in [-0.39, 0.29) is 12.3 Å². The van der Waals surface area contributed by atoms with Gasteiger partial charge < -0.3 is 15.1 Å². The fourth-order valence-electron chi connectivity index (χ4n) is 3.43. The fourth-order valence-corrected chi connectivity index (χ4v) is 4.72. The van der Waals surface area contributed by atoms with Gasteiger partial charge in [-0.3, -0.25) is 4.72 Å². The monoisotopic (exact) mass is 494 g/mol. The third-order valence-corrected chi connectivity index (χ3v) is 7.23. The Kier molecular flexibility index (Phi) is 6.90. The van der Waals surface area contributed by atoms with Gasteiger partial charge in [0.1, 0.15) is 5.82 Å². The predicted octanol–water partition coefficient (Wildman–Crippen LogP) is 3.54. The lowest BCUT2D eigenvalue weighted by molar-refractivity contribution is 0.311. The number of hydrogen-bond acceptors (Lipinski definition) is 7. The largest absolute Gasteiger partial charge is 0.368 e. The highest BCUT2D eigenvalue weighted by molar-refractivity contribution is 7.92. The first kappa shape index (κ1) is 22.8. The van der Waals surface area contributed by atoms with E-state index in [1.54, 1.807) is 36.4 Å². The molecule has 1 aliphatic heterocycles. The van der Waals surface area contributed by atoms with Gasteiger partial charge in [-0.15, -0.1) is 0 Å². The van der Waals surface area contributed by atoms with Crippen LogP contribution in [0.1, 0.15) is 0 Å². The van der Waals surface area contributed by atoms with Crippen LogP contribution < -0.4 is 14.9 Å². The number of likely N-dealkylation sites (N-methyl/N-ethyl adjacent to an activating group) is 1. The zero-order chi connectivity index (χ0) is 22.7. The first-order valence-electron chi connectivity index (χ1n) is 10.2. The number of halogens is 2. The second kappa shape index (κ2) is 9.66. The highest BCUT2D eigenvalue weighted by atomic mass is 35.5. The first-order chi connectivity index (χ1) is 15.3. The second-order valence-corrected chi connectivity index (χ2v) is 10.3. The molecule has 170 valence electrons. The van der Waals surface area contributed by atoms with Crippen LogP contribution in [0.3, 0.4) is 0 Å². The molecule has 0 unspecified atom stereocenters. The van der Waals surface area contributed by atoms with Crippen molar-refractivity contribution in [2.75, 3.05) is 60.5 Å². The molecule has 0 radical (unpaired) electrons. The summed E-state index contributed by atoms with van der Waals surface area (Å²) in [5.74, 6) is 0.979. The van der Waals surface area contributed by atoms with Gasteiger partial charge in [0.05, 0.1) is 21.3 Å². The van der Waals surface area contributed by atoms with Crippen LogP contribution in [-0.2, 0) is 10.0 Å². The number of benzene rings is 2. The Morgan fingerprint density at radius 1 is 1.00 bits per heavy atom. The molecule has 1 fully saturated rings. The lowest BCUT2D eigenvalue weighted by Crippen LogP contribution is -2.45. The molecule has 1 aliphatic rings. The third-order valence-electron chi connectivity index (χ3n) is 5.22. The zero-order valence-electron chi connectivity index (χ0n) is 17.6. The van der Waals surface area contributed by atoms with Crippen molar-refractivity contribution in [2.24, 2.45) is 0 Å². The summed E-state index contributed by atoms with van der Waals surface area (Å²) in [7, 11) is -1.45. The van der Waals surface area contributed by atoms with E-state index in [1.807, 2.05) is 6.07 Å². The molecule has 2 heterocycles. The van der Waals surface area contributed by atoms with E-state index >= 15 is 0 Å². The van der Waals surface area contributed by atoms with Crippen LogP contribution in [0.4, 0.5) is 17.5 Å².